The third kappa shape index (κ3) is 2.52. The van der Waals surface area contributed by atoms with E-state index in [1.807, 2.05) is 38.1 Å². The van der Waals surface area contributed by atoms with Crippen molar-refractivity contribution in [1.29, 1.82) is 5.26 Å². The summed E-state index contributed by atoms with van der Waals surface area (Å²) in [7, 11) is 0. The molecule has 0 bridgehead atoms. The van der Waals surface area contributed by atoms with E-state index in [-0.39, 0.29) is 0 Å². The minimum Gasteiger partial charge on any atom is -0.338 e. The van der Waals surface area contributed by atoms with Gasteiger partial charge in [0.1, 0.15) is 11.9 Å². The minimum absolute atomic E-state index is 0.536. The molecule has 0 aliphatic rings. The molecule has 18 heavy (non-hydrogen) atoms. The first-order valence-electron chi connectivity index (χ1n) is 5.51. The Labute approximate surface area is 115 Å². The van der Waals surface area contributed by atoms with Crippen molar-refractivity contribution >= 4 is 27.4 Å². The number of hydrogen-bond donors (Lipinski definition) is 1. The molecular weight excluding hydrogens is 290 g/mol. The highest BCUT2D eigenvalue weighted by Crippen LogP contribution is 2.29. The van der Waals surface area contributed by atoms with Crippen molar-refractivity contribution in [3.63, 3.8) is 0 Å². The fraction of sp³-hybridized carbons (Fsp3) is 0.143. The maximum Gasteiger partial charge on any atom is 0.148 e. The van der Waals surface area contributed by atoms with Crippen molar-refractivity contribution in [2.75, 3.05) is 5.32 Å². The van der Waals surface area contributed by atoms with Gasteiger partial charge in [0, 0.05) is 10.2 Å². The van der Waals surface area contributed by atoms with E-state index < -0.39 is 0 Å². The second kappa shape index (κ2) is 5.19. The molecule has 90 valence electrons. The largest absolute Gasteiger partial charge is 0.338 e. The standard InChI is InChI=1S/C14H12BrN3/c1-9-4-3-5-12(13(9)15)18-14-11(8-16)7-6-10(2)17-14/h3-7H,1-2H3,(H,17,18). The van der Waals surface area contributed by atoms with Gasteiger partial charge < -0.3 is 5.32 Å². The normalized spacial score (nSPS) is 9.89. The summed E-state index contributed by atoms with van der Waals surface area (Å²) in [5.41, 5.74) is 3.45. The quantitative estimate of drug-likeness (QED) is 0.909. The summed E-state index contributed by atoms with van der Waals surface area (Å²) in [4.78, 5) is 4.36. The lowest BCUT2D eigenvalue weighted by Gasteiger charge is -2.11. The maximum atomic E-state index is 9.07. The predicted molar refractivity (Wildman–Crippen MR) is 75.9 cm³/mol. The van der Waals surface area contributed by atoms with E-state index in [0.29, 0.717) is 11.4 Å². The number of aryl methyl sites for hydroxylation is 2. The molecule has 0 saturated carbocycles. The van der Waals surface area contributed by atoms with Crippen molar-refractivity contribution in [1.82, 2.24) is 4.98 Å². The summed E-state index contributed by atoms with van der Waals surface area (Å²) in [5.74, 6) is 0.587. The third-order valence-corrected chi connectivity index (χ3v) is 3.65. The molecule has 1 aromatic carbocycles. The first kappa shape index (κ1) is 12.6. The first-order valence-corrected chi connectivity index (χ1v) is 6.31. The number of nitrogens with zero attached hydrogens (tertiary/aromatic N) is 2. The third-order valence-electron chi connectivity index (χ3n) is 2.60. The van der Waals surface area contributed by atoms with Crippen LogP contribution in [0.1, 0.15) is 16.8 Å². The van der Waals surface area contributed by atoms with Crippen LogP contribution in [0.25, 0.3) is 0 Å². The minimum atomic E-state index is 0.536. The molecule has 0 spiro atoms. The monoisotopic (exact) mass is 301 g/mol. The van der Waals surface area contributed by atoms with Crippen LogP contribution in [0.15, 0.2) is 34.8 Å². The zero-order valence-corrected chi connectivity index (χ0v) is 11.7. The number of benzene rings is 1. The van der Waals surface area contributed by atoms with Crippen LogP contribution in [0.3, 0.4) is 0 Å². The summed E-state index contributed by atoms with van der Waals surface area (Å²) in [6, 6.07) is 11.7. The van der Waals surface area contributed by atoms with Crippen LogP contribution in [-0.4, -0.2) is 4.98 Å². The van der Waals surface area contributed by atoms with Gasteiger partial charge in [0.25, 0.3) is 0 Å². The molecule has 1 aromatic heterocycles. The maximum absolute atomic E-state index is 9.07. The lowest BCUT2D eigenvalue weighted by Crippen LogP contribution is -1.99. The molecule has 1 heterocycles. The molecule has 3 nitrogen and oxygen atoms in total. The average molecular weight is 302 g/mol. The highest BCUT2D eigenvalue weighted by atomic mass is 79.9. The number of rotatable bonds is 2. The molecule has 0 aliphatic carbocycles. The second-order valence-electron chi connectivity index (χ2n) is 4.02. The molecule has 0 amide bonds. The van der Waals surface area contributed by atoms with Gasteiger partial charge in [-0.25, -0.2) is 4.98 Å². The van der Waals surface area contributed by atoms with Gasteiger partial charge in [0.2, 0.25) is 0 Å². The van der Waals surface area contributed by atoms with Crippen LogP contribution < -0.4 is 5.32 Å². The average Bonchev–Trinajstić information content (AvgIpc) is 2.35. The summed E-state index contributed by atoms with van der Waals surface area (Å²) in [6.45, 7) is 3.92. The molecule has 2 rings (SSSR count). The molecule has 1 N–H and O–H groups in total. The molecule has 0 fully saturated rings. The van der Waals surface area contributed by atoms with Crippen molar-refractivity contribution < 1.29 is 0 Å². The number of aromatic nitrogens is 1. The number of nitriles is 1. The van der Waals surface area contributed by atoms with Crippen molar-refractivity contribution in [3.05, 3.63) is 51.6 Å². The SMILES string of the molecule is Cc1ccc(C#N)c(Nc2cccc(C)c2Br)n1. The first-order chi connectivity index (χ1) is 8.61. The van der Waals surface area contributed by atoms with Gasteiger partial charge in [-0.05, 0) is 53.5 Å². The molecule has 0 saturated heterocycles. The van der Waals surface area contributed by atoms with E-state index in [4.69, 9.17) is 5.26 Å². The Bertz CT molecular complexity index is 629. The Morgan fingerprint density at radius 2 is 2.00 bits per heavy atom. The lowest BCUT2D eigenvalue weighted by atomic mass is 10.2. The summed E-state index contributed by atoms with van der Waals surface area (Å²) >= 11 is 3.53. The van der Waals surface area contributed by atoms with E-state index in [1.54, 1.807) is 6.07 Å². The number of hydrogen-bond acceptors (Lipinski definition) is 3. The molecule has 0 aliphatic heterocycles. The van der Waals surface area contributed by atoms with Crippen LogP contribution in [0.4, 0.5) is 11.5 Å². The Hall–Kier alpha value is -1.86. The Balaban J connectivity index is 2.43. The predicted octanol–water partition coefficient (Wildman–Crippen LogP) is 4.08. The summed E-state index contributed by atoms with van der Waals surface area (Å²) in [6.07, 6.45) is 0. The molecule has 0 radical (unpaired) electrons. The van der Waals surface area contributed by atoms with Crippen LogP contribution in [0, 0.1) is 25.2 Å². The summed E-state index contributed by atoms with van der Waals surface area (Å²) < 4.78 is 0.984. The van der Waals surface area contributed by atoms with Crippen LogP contribution in [0.2, 0.25) is 0 Å². The zero-order valence-electron chi connectivity index (χ0n) is 10.2. The number of nitrogens with one attached hydrogen (secondary N) is 1. The fourth-order valence-corrected chi connectivity index (χ4v) is 1.98. The van der Waals surface area contributed by atoms with Crippen molar-refractivity contribution in [2.45, 2.75) is 13.8 Å². The van der Waals surface area contributed by atoms with Crippen LogP contribution >= 0.6 is 15.9 Å². The van der Waals surface area contributed by atoms with Crippen LogP contribution in [0.5, 0.6) is 0 Å². The topological polar surface area (TPSA) is 48.7 Å². The Morgan fingerprint density at radius 3 is 2.72 bits per heavy atom. The molecule has 2 aromatic rings. The van der Waals surface area contributed by atoms with E-state index in [1.165, 1.54) is 0 Å². The zero-order chi connectivity index (χ0) is 13.1. The highest BCUT2D eigenvalue weighted by molar-refractivity contribution is 9.10. The van der Waals surface area contributed by atoms with E-state index in [2.05, 4.69) is 32.3 Å². The fourth-order valence-electron chi connectivity index (χ4n) is 1.61. The second-order valence-corrected chi connectivity index (χ2v) is 4.82. The molecule has 4 heteroatoms. The van der Waals surface area contributed by atoms with Gasteiger partial charge in [0.05, 0.1) is 11.3 Å². The van der Waals surface area contributed by atoms with Crippen LogP contribution in [-0.2, 0) is 0 Å². The van der Waals surface area contributed by atoms with Gasteiger partial charge in [-0.1, -0.05) is 12.1 Å². The number of halogens is 1. The van der Waals surface area contributed by atoms with E-state index in [0.717, 1.165) is 21.4 Å². The van der Waals surface area contributed by atoms with Crippen molar-refractivity contribution in [3.8, 4) is 6.07 Å². The smallest absolute Gasteiger partial charge is 0.148 e. The number of pyridine rings is 1. The highest BCUT2D eigenvalue weighted by Gasteiger charge is 2.07. The Kier molecular flexibility index (Phi) is 3.63. The Morgan fingerprint density at radius 1 is 1.22 bits per heavy atom. The van der Waals surface area contributed by atoms with Gasteiger partial charge >= 0.3 is 0 Å². The van der Waals surface area contributed by atoms with Gasteiger partial charge in [-0.15, -0.1) is 0 Å². The van der Waals surface area contributed by atoms with Crippen molar-refractivity contribution in [2.24, 2.45) is 0 Å². The molecule has 0 atom stereocenters. The van der Waals surface area contributed by atoms with Gasteiger partial charge in [-0.3, -0.25) is 0 Å². The van der Waals surface area contributed by atoms with Gasteiger partial charge in [0.15, 0.2) is 0 Å². The number of anilines is 2. The van der Waals surface area contributed by atoms with E-state index >= 15 is 0 Å². The van der Waals surface area contributed by atoms with E-state index in [9.17, 15) is 0 Å². The molecule has 0 unspecified atom stereocenters. The lowest BCUT2D eigenvalue weighted by molar-refractivity contribution is 1.18. The molecular formula is C14H12BrN3. The summed E-state index contributed by atoms with van der Waals surface area (Å²) in [5, 5.41) is 12.3. The van der Waals surface area contributed by atoms with Gasteiger partial charge in [-0.2, -0.15) is 5.26 Å².